The van der Waals surface area contributed by atoms with Crippen molar-refractivity contribution in [1.82, 2.24) is 21.5 Å². The van der Waals surface area contributed by atoms with Crippen LogP contribution in [0.3, 0.4) is 0 Å². The topological polar surface area (TPSA) is 163 Å². The van der Waals surface area contributed by atoms with Gasteiger partial charge in [-0.3, -0.25) is 19.6 Å². The molecule has 0 rings (SSSR count). The highest BCUT2D eigenvalue weighted by atomic mass is 32.2. The Balaban J connectivity index is 5.59. The number of amides is 3. The predicted octanol–water partition coefficient (Wildman–Crippen LogP) is 2.89. The third-order valence-corrected chi connectivity index (χ3v) is 6.76. The predicted molar refractivity (Wildman–Crippen MR) is 139 cm³/mol. The van der Waals surface area contributed by atoms with E-state index in [0.717, 1.165) is 0 Å². The molecule has 3 amide bonds. The second kappa shape index (κ2) is 13.9. The van der Waals surface area contributed by atoms with Gasteiger partial charge in [0.25, 0.3) is 10.1 Å². The van der Waals surface area contributed by atoms with Gasteiger partial charge in [-0.25, -0.2) is 10.2 Å². The maximum atomic E-state index is 13.0. The molecule has 210 valence electrons. The molecule has 36 heavy (non-hydrogen) atoms. The van der Waals surface area contributed by atoms with Crippen molar-refractivity contribution in [3.8, 4) is 0 Å². The van der Waals surface area contributed by atoms with Crippen molar-refractivity contribution in [2.24, 2.45) is 17.3 Å². The third kappa shape index (κ3) is 11.3. The van der Waals surface area contributed by atoms with Gasteiger partial charge < -0.3 is 15.4 Å². The second-order valence-electron chi connectivity index (χ2n) is 10.6. The molecule has 0 aliphatic carbocycles. The summed E-state index contributed by atoms with van der Waals surface area (Å²) >= 11 is 0. The standard InChI is InChI=1S/C24H46N4O7S/c1-11-24(12-2,16(5)6)18(13-14-36(32,33)34)26-20(29)17(7)25-21(30)19(15(3)4)27-28-22(31)35-23(8,9)10/h13-19,27H,11-12H2,1-10H3,(H,25,30)(H,26,29)(H,28,31)(H,32,33,34)/b14-13+/t17-,18-,19-/m0/s1. The minimum atomic E-state index is -4.40. The zero-order chi connectivity index (χ0) is 28.5. The van der Waals surface area contributed by atoms with E-state index in [-0.39, 0.29) is 11.8 Å². The van der Waals surface area contributed by atoms with Crippen LogP contribution >= 0.6 is 0 Å². The minimum absolute atomic E-state index is 0.0715. The largest absolute Gasteiger partial charge is 0.443 e. The number of hydrogen-bond acceptors (Lipinski definition) is 7. The summed E-state index contributed by atoms with van der Waals surface area (Å²) in [6.45, 7) is 18.0. The van der Waals surface area contributed by atoms with Crippen LogP contribution in [0.5, 0.6) is 0 Å². The molecule has 0 aromatic heterocycles. The first kappa shape index (κ1) is 33.8. The van der Waals surface area contributed by atoms with E-state index in [1.54, 1.807) is 34.6 Å². The number of nitrogens with one attached hydrogen (secondary N) is 4. The van der Waals surface area contributed by atoms with Crippen LogP contribution in [0.2, 0.25) is 0 Å². The summed E-state index contributed by atoms with van der Waals surface area (Å²) in [5.41, 5.74) is 3.80. The van der Waals surface area contributed by atoms with Crippen molar-refractivity contribution in [1.29, 1.82) is 0 Å². The molecule has 12 heteroatoms. The molecule has 0 bridgehead atoms. The molecule has 0 aromatic carbocycles. The fraction of sp³-hybridized carbons (Fsp3) is 0.792. The summed E-state index contributed by atoms with van der Waals surface area (Å²) < 4.78 is 37.1. The summed E-state index contributed by atoms with van der Waals surface area (Å²) in [4.78, 5) is 37.9. The fourth-order valence-corrected chi connectivity index (χ4v) is 4.40. The quantitative estimate of drug-likeness (QED) is 0.178. The molecular weight excluding hydrogens is 488 g/mol. The average Bonchev–Trinajstić information content (AvgIpc) is 2.70. The zero-order valence-corrected chi connectivity index (χ0v) is 24.1. The van der Waals surface area contributed by atoms with Gasteiger partial charge in [-0.2, -0.15) is 8.42 Å². The van der Waals surface area contributed by atoms with Crippen LogP contribution in [0, 0.1) is 17.3 Å². The van der Waals surface area contributed by atoms with E-state index < -0.39 is 57.2 Å². The van der Waals surface area contributed by atoms with Gasteiger partial charge in [0, 0.05) is 0 Å². The first-order valence-electron chi connectivity index (χ1n) is 12.3. The van der Waals surface area contributed by atoms with Crippen LogP contribution in [0.4, 0.5) is 4.79 Å². The Bertz CT molecular complexity index is 875. The Morgan fingerprint density at radius 1 is 0.944 bits per heavy atom. The van der Waals surface area contributed by atoms with E-state index in [9.17, 15) is 27.4 Å². The molecule has 0 aromatic rings. The van der Waals surface area contributed by atoms with Crippen LogP contribution in [-0.4, -0.2) is 54.6 Å². The van der Waals surface area contributed by atoms with E-state index in [0.29, 0.717) is 18.2 Å². The van der Waals surface area contributed by atoms with Gasteiger partial charge in [0.15, 0.2) is 0 Å². The second-order valence-corrected chi connectivity index (χ2v) is 12.0. The van der Waals surface area contributed by atoms with E-state index in [1.807, 2.05) is 27.7 Å². The van der Waals surface area contributed by atoms with E-state index >= 15 is 0 Å². The van der Waals surface area contributed by atoms with Crippen LogP contribution in [0.25, 0.3) is 0 Å². The van der Waals surface area contributed by atoms with Gasteiger partial charge in [0.2, 0.25) is 11.8 Å². The summed E-state index contributed by atoms with van der Waals surface area (Å²) in [5.74, 6) is -1.21. The summed E-state index contributed by atoms with van der Waals surface area (Å²) in [7, 11) is -4.40. The fourth-order valence-electron chi connectivity index (χ4n) is 4.05. The Labute approximate surface area is 216 Å². The first-order chi connectivity index (χ1) is 16.3. The molecular formula is C24H46N4O7S. The molecule has 0 fully saturated rings. The Hall–Kier alpha value is -2.18. The smallest absolute Gasteiger partial charge is 0.422 e. The van der Waals surface area contributed by atoms with Gasteiger partial charge in [-0.05, 0) is 63.9 Å². The monoisotopic (exact) mass is 534 g/mol. The van der Waals surface area contributed by atoms with Gasteiger partial charge in [0.05, 0.1) is 11.4 Å². The Morgan fingerprint density at radius 3 is 1.86 bits per heavy atom. The number of ether oxygens (including phenoxy) is 1. The molecule has 0 radical (unpaired) electrons. The van der Waals surface area contributed by atoms with Crippen molar-refractivity contribution in [2.45, 2.75) is 106 Å². The van der Waals surface area contributed by atoms with Gasteiger partial charge in [-0.15, -0.1) is 0 Å². The van der Waals surface area contributed by atoms with Crippen molar-refractivity contribution >= 4 is 28.0 Å². The lowest BCUT2D eigenvalue weighted by atomic mass is 9.67. The van der Waals surface area contributed by atoms with Crippen molar-refractivity contribution < 1.29 is 32.1 Å². The molecule has 3 atom stereocenters. The molecule has 0 heterocycles. The highest BCUT2D eigenvalue weighted by Crippen LogP contribution is 2.39. The van der Waals surface area contributed by atoms with Crippen LogP contribution in [-0.2, 0) is 24.4 Å². The Kier molecular flexibility index (Phi) is 13.1. The molecule has 0 aliphatic heterocycles. The number of carbonyl (C=O) groups excluding carboxylic acids is 3. The van der Waals surface area contributed by atoms with Crippen LogP contribution in [0.15, 0.2) is 11.5 Å². The summed E-state index contributed by atoms with van der Waals surface area (Å²) in [5, 5.41) is 6.14. The average molecular weight is 535 g/mol. The SMILES string of the molecule is CCC(CC)(C(C)C)[C@H](/C=C/S(=O)(=O)O)NC(=O)[C@H](C)NC(=O)[C@@H](NNC(=O)OC(C)(C)C)C(C)C. The number of carbonyl (C=O) groups is 3. The first-order valence-corrected chi connectivity index (χ1v) is 13.8. The number of hydrazine groups is 1. The van der Waals surface area contributed by atoms with Crippen molar-refractivity contribution in [3.63, 3.8) is 0 Å². The number of hydrogen-bond donors (Lipinski definition) is 5. The molecule has 5 N–H and O–H groups in total. The lowest BCUT2D eigenvalue weighted by Gasteiger charge is -2.42. The molecule has 0 unspecified atom stereocenters. The normalized spacial score (nSPS) is 15.5. The maximum absolute atomic E-state index is 13.0. The molecule has 11 nitrogen and oxygen atoms in total. The molecule has 0 spiro atoms. The highest BCUT2D eigenvalue weighted by molar-refractivity contribution is 7.88. The maximum Gasteiger partial charge on any atom is 0.422 e. The molecule has 0 aliphatic rings. The van der Waals surface area contributed by atoms with E-state index in [2.05, 4.69) is 21.5 Å². The van der Waals surface area contributed by atoms with Gasteiger partial charge >= 0.3 is 6.09 Å². The molecule has 0 saturated heterocycles. The lowest BCUT2D eigenvalue weighted by molar-refractivity contribution is -0.131. The highest BCUT2D eigenvalue weighted by Gasteiger charge is 2.39. The number of rotatable bonds is 13. The lowest BCUT2D eigenvalue weighted by Crippen LogP contribution is -2.59. The van der Waals surface area contributed by atoms with Crippen LogP contribution < -0.4 is 21.5 Å². The summed E-state index contributed by atoms with van der Waals surface area (Å²) in [6, 6.07) is -2.54. The van der Waals surface area contributed by atoms with E-state index in [1.165, 1.54) is 13.0 Å². The van der Waals surface area contributed by atoms with E-state index in [4.69, 9.17) is 4.74 Å². The van der Waals surface area contributed by atoms with Crippen molar-refractivity contribution in [3.05, 3.63) is 11.5 Å². The minimum Gasteiger partial charge on any atom is -0.443 e. The third-order valence-electron chi connectivity index (χ3n) is 6.26. The zero-order valence-electron chi connectivity index (χ0n) is 23.3. The molecule has 0 saturated carbocycles. The van der Waals surface area contributed by atoms with Crippen molar-refractivity contribution in [2.75, 3.05) is 0 Å². The van der Waals surface area contributed by atoms with Gasteiger partial charge in [0.1, 0.15) is 17.7 Å². The van der Waals surface area contributed by atoms with Gasteiger partial charge in [-0.1, -0.05) is 41.5 Å². The summed E-state index contributed by atoms with van der Waals surface area (Å²) in [6.07, 6.45) is 1.80. The van der Waals surface area contributed by atoms with Crippen LogP contribution in [0.1, 0.15) is 82.1 Å². The Morgan fingerprint density at radius 2 is 1.47 bits per heavy atom.